The van der Waals surface area contributed by atoms with Crippen LogP contribution in [0.4, 0.5) is 0 Å². The largest absolute Gasteiger partial charge is 0.368 e. The van der Waals surface area contributed by atoms with Crippen molar-refractivity contribution in [2.24, 2.45) is 0 Å². The maximum Gasteiger partial charge on any atom is 0.151 e. The Morgan fingerprint density at radius 1 is 0.625 bits per heavy atom. The summed E-state index contributed by atoms with van der Waals surface area (Å²) in [6.07, 6.45) is 5.15. The van der Waals surface area contributed by atoms with E-state index in [0.29, 0.717) is 12.8 Å². The molecule has 0 saturated carbocycles. The molecule has 4 N–H and O–H groups in total. The van der Waals surface area contributed by atoms with E-state index in [0.717, 1.165) is 38.5 Å². The highest BCUT2D eigenvalue weighted by Crippen LogP contribution is 2.00. The highest BCUT2D eigenvalue weighted by atomic mass is 16.5. The minimum atomic E-state index is -1.10. The second-order valence-corrected chi connectivity index (χ2v) is 3.95. The Morgan fingerprint density at radius 3 is 1.12 bits per heavy atom. The van der Waals surface area contributed by atoms with Gasteiger partial charge in [0.1, 0.15) is 0 Å². The predicted molar refractivity (Wildman–Crippen MR) is 64.7 cm³/mol. The van der Waals surface area contributed by atoms with Gasteiger partial charge in [-0.05, 0) is 25.7 Å². The first-order valence-corrected chi connectivity index (χ1v) is 6.26. The van der Waals surface area contributed by atoms with Crippen molar-refractivity contribution in [2.45, 2.75) is 77.8 Å². The number of aliphatic hydroxyl groups excluding tert-OH is 2. The van der Waals surface area contributed by atoms with Crippen molar-refractivity contribution >= 4 is 0 Å². The van der Waals surface area contributed by atoms with Gasteiger partial charge in [0.05, 0.1) is 0 Å². The van der Waals surface area contributed by atoms with Gasteiger partial charge in [-0.1, -0.05) is 39.5 Å². The summed E-state index contributed by atoms with van der Waals surface area (Å²) in [6.45, 7) is 4.17. The van der Waals surface area contributed by atoms with Crippen LogP contribution in [0.25, 0.3) is 0 Å². The highest BCUT2D eigenvalue weighted by molar-refractivity contribution is 4.40. The van der Waals surface area contributed by atoms with Crippen LogP contribution in [-0.4, -0.2) is 33.0 Å². The summed E-state index contributed by atoms with van der Waals surface area (Å²) in [5.41, 5.74) is 0. The molecule has 0 aliphatic carbocycles. The SMILES string of the molecule is CCCCCC(O)O.CCCCCC(O)O. The smallest absolute Gasteiger partial charge is 0.151 e. The normalized spacial score (nSPS) is 10.5. The second-order valence-electron chi connectivity index (χ2n) is 3.95. The molecule has 0 aromatic heterocycles. The molecular weight excluding hydrogens is 208 g/mol. The third kappa shape index (κ3) is 23.6. The van der Waals surface area contributed by atoms with E-state index in [1.165, 1.54) is 0 Å². The quantitative estimate of drug-likeness (QED) is 0.382. The van der Waals surface area contributed by atoms with Crippen molar-refractivity contribution in [1.29, 1.82) is 0 Å². The van der Waals surface area contributed by atoms with Crippen LogP contribution in [0.5, 0.6) is 0 Å². The van der Waals surface area contributed by atoms with Gasteiger partial charge < -0.3 is 20.4 Å². The van der Waals surface area contributed by atoms with E-state index >= 15 is 0 Å². The number of hydrogen-bond donors (Lipinski definition) is 4. The van der Waals surface area contributed by atoms with Crippen LogP contribution in [-0.2, 0) is 0 Å². The molecule has 0 aromatic rings. The van der Waals surface area contributed by atoms with Gasteiger partial charge in [0.15, 0.2) is 12.6 Å². The van der Waals surface area contributed by atoms with Crippen molar-refractivity contribution < 1.29 is 20.4 Å². The predicted octanol–water partition coefficient (Wildman–Crippen LogP) is 1.75. The molecule has 0 amide bonds. The summed E-state index contributed by atoms with van der Waals surface area (Å²) in [4.78, 5) is 0. The Kier molecular flexibility index (Phi) is 16.9. The summed E-state index contributed by atoms with van der Waals surface area (Å²) in [5.74, 6) is 0. The van der Waals surface area contributed by atoms with Gasteiger partial charge in [0.25, 0.3) is 0 Å². The Morgan fingerprint density at radius 2 is 0.938 bits per heavy atom. The standard InChI is InChI=1S/2C6H14O2/c2*1-2-3-4-5-6(7)8/h2*6-8H,2-5H2,1H3. The maximum absolute atomic E-state index is 8.33. The lowest BCUT2D eigenvalue weighted by Gasteiger charge is -1.99. The first-order chi connectivity index (χ1) is 7.54. The molecule has 0 radical (unpaired) electrons. The lowest BCUT2D eigenvalue weighted by atomic mass is 10.2. The van der Waals surface area contributed by atoms with Crippen LogP contribution in [0.15, 0.2) is 0 Å². The fourth-order valence-corrected chi connectivity index (χ4v) is 1.15. The van der Waals surface area contributed by atoms with Gasteiger partial charge in [0.2, 0.25) is 0 Å². The van der Waals surface area contributed by atoms with Gasteiger partial charge >= 0.3 is 0 Å². The lowest BCUT2D eigenvalue weighted by molar-refractivity contribution is -0.0472. The van der Waals surface area contributed by atoms with Crippen molar-refractivity contribution in [3.05, 3.63) is 0 Å². The van der Waals surface area contributed by atoms with Gasteiger partial charge in [-0.3, -0.25) is 0 Å². The van der Waals surface area contributed by atoms with Crippen molar-refractivity contribution in [3.63, 3.8) is 0 Å². The minimum Gasteiger partial charge on any atom is -0.368 e. The fourth-order valence-electron chi connectivity index (χ4n) is 1.15. The van der Waals surface area contributed by atoms with Crippen LogP contribution in [0.2, 0.25) is 0 Å². The molecule has 0 spiro atoms. The summed E-state index contributed by atoms with van der Waals surface area (Å²) < 4.78 is 0. The molecule has 0 heterocycles. The van der Waals surface area contributed by atoms with Gasteiger partial charge in [-0.2, -0.15) is 0 Å². The van der Waals surface area contributed by atoms with E-state index in [9.17, 15) is 0 Å². The molecule has 0 fully saturated rings. The van der Waals surface area contributed by atoms with Crippen molar-refractivity contribution in [1.82, 2.24) is 0 Å². The van der Waals surface area contributed by atoms with E-state index in [2.05, 4.69) is 13.8 Å². The second kappa shape index (κ2) is 14.8. The van der Waals surface area contributed by atoms with Crippen LogP contribution < -0.4 is 0 Å². The van der Waals surface area contributed by atoms with Crippen molar-refractivity contribution in [3.8, 4) is 0 Å². The Bertz CT molecular complexity index is 102. The molecule has 0 bridgehead atoms. The molecule has 4 nitrogen and oxygen atoms in total. The molecule has 100 valence electrons. The fraction of sp³-hybridized carbons (Fsp3) is 1.00. The van der Waals surface area contributed by atoms with Crippen LogP contribution in [0.1, 0.15) is 65.2 Å². The zero-order chi connectivity index (χ0) is 12.8. The molecule has 0 aliphatic rings. The molecular formula is C12H28O4. The van der Waals surface area contributed by atoms with Gasteiger partial charge in [-0.25, -0.2) is 0 Å². The van der Waals surface area contributed by atoms with Gasteiger partial charge in [0, 0.05) is 0 Å². The number of hydrogen-bond acceptors (Lipinski definition) is 4. The molecule has 0 saturated heterocycles. The van der Waals surface area contributed by atoms with Gasteiger partial charge in [-0.15, -0.1) is 0 Å². The Hall–Kier alpha value is -0.160. The molecule has 4 heteroatoms. The third-order valence-electron chi connectivity index (χ3n) is 2.13. The summed E-state index contributed by atoms with van der Waals surface area (Å²) in [5, 5.41) is 33.3. The number of unbranched alkanes of at least 4 members (excludes halogenated alkanes) is 4. The number of aliphatic hydroxyl groups is 4. The summed E-state index contributed by atoms with van der Waals surface area (Å²) in [6, 6.07) is 0. The summed E-state index contributed by atoms with van der Waals surface area (Å²) >= 11 is 0. The monoisotopic (exact) mass is 236 g/mol. The maximum atomic E-state index is 8.33. The molecule has 0 aliphatic heterocycles. The molecule has 0 aromatic carbocycles. The molecule has 0 atom stereocenters. The van der Waals surface area contributed by atoms with Crippen LogP contribution in [0.3, 0.4) is 0 Å². The lowest BCUT2D eigenvalue weighted by Crippen LogP contribution is -2.02. The van der Waals surface area contributed by atoms with Crippen molar-refractivity contribution in [2.75, 3.05) is 0 Å². The molecule has 16 heavy (non-hydrogen) atoms. The van der Waals surface area contributed by atoms with E-state index in [1.54, 1.807) is 0 Å². The van der Waals surface area contributed by atoms with E-state index < -0.39 is 12.6 Å². The van der Waals surface area contributed by atoms with E-state index in [1.807, 2.05) is 0 Å². The Balaban J connectivity index is 0. The highest BCUT2D eigenvalue weighted by Gasteiger charge is 1.94. The van der Waals surface area contributed by atoms with Crippen LogP contribution >= 0.6 is 0 Å². The average molecular weight is 236 g/mol. The molecule has 0 rings (SSSR count). The number of rotatable bonds is 8. The average Bonchev–Trinajstić information content (AvgIpc) is 2.18. The van der Waals surface area contributed by atoms with Crippen LogP contribution in [0, 0.1) is 0 Å². The zero-order valence-corrected chi connectivity index (χ0v) is 10.6. The first-order valence-electron chi connectivity index (χ1n) is 6.26. The third-order valence-corrected chi connectivity index (χ3v) is 2.13. The first kappa shape index (κ1) is 18.2. The Labute approximate surface area is 98.9 Å². The van der Waals surface area contributed by atoms with E-state index in [-0.39, 0.29) is 0 Å². The molecule has 0 unspecified atom stereocenters. The zero-order valence-electron chi connectivity index (χ0n) is 10.6. The van der Waals surface area contributed by atoms with E-state index in [4.69, 9.17) is 20.4 Å². The topological polar surface area (TPSA) is 80.9 Å². The minimum absolute atomic E-state index is 0.522. The summed E-state index contributed by atoms with van der Waals surface area (Å²) in [7, 11) is 0.